The molecule has 0 fully saturated rings. The van der Waals surface area contributed by atoms with Gasteiger partial charge in [-0.15, -0.1) is 0 Å². The lowest BCUT2D eigenvalue weighted by atomic mass is 10.2. The SMILES string of the molecule is CCCNc1ccc(C(=N)N)c(Br)c1F. The van der Waals surface area contributed by atoms with Crippen molar-refractivity contribution in [2.75, 3.05) is 11.9 Å². The third-order valence-electron chi connectivity index (χ3n) is 1.94. The van der Waals surface area contributed by atoms with Crippen LogP contribution in [0.4, 0.5) is 10.1 Å². The zero-order chi connectivity index (χ0) is 11.4. The summed E-state index contributed by atoms with van der Waals surface area (Å²) in [5.41, 5.74) is 6.09. The third kappa shape index (κ3) is 2.68. The Morgan fingerprint density at radius 1 is 1.60 bits per heavy atom. The Bertz CT molecular complexity index is 379. The standard InChI is InChI=1S/C10H13BrFN3/c1-2-5-15-7-4-3-6(10(13)14)8(11)9(7)12/h3-4,15H,2,5H2,1H3,(H3,13,14). The molecule has 0 spiro atoms. The molecular formula is C10H13BrFN3. The van der Waals surface area contributed by atoms with E-state index in [9.17, 15) is 4.39 Å². The van der Waals surface area contributed by atoms with Crippen LogP contribution in [0.15, 0.2) is 16.6 Å². The fourth-order valence-electron chi connectivity index (χ4n) is 1.15. The Morgan fingerprint density at radius 3 is 2.80 bits per heavy atom. The molecule has 1 aromatic rings. The summed E-state index contributed by atoms with van der Waals surface area (Å²) in [7, 11) is 0. The molecule has 0 atom stereocenters. The van der Waals surface area contributed by atoms with Crippen molar-refractivity contribution in [3.05, 3.63) is 28.0 Å². The molecule has 0 amide bonds. The average Bonchev–Trinajstić information content (AvgIpc) is 2.20. The number of nitrogens with two attached hydrogens (primary N) is 1. The van der Waals surface area contributed by atoms with Crippen molar-refractivity contribution in [3.8, 4) is 0 Å². The summed E-state index contributed by atoms with van der Waals surface area (Å²) < 4.78 is 13.9. The van der Waals surface area contributed by atoms with Crippen LogP contribution in [0.1, 0.15) is 18.9 Å². The second kappa shape index (κ2) is 5.11. The Balaban J connectivity index is 3.04. The van der Waals surface area contributed by atoms with E-state index in [2.05, 4.69) is 21.2 Å². The van der Waals surface area contributed by atoms with E-state index in [1.807, 2.05) is 6.92 Å². The zero-order valence-electron chi connectivity index (χ0n) is 8.40. The van der Waals surface area contributed by atoms with Crippen LogP contribution in [0.25, 0.3) is 0 Å². The van der Waals surface area contributed by atoms with Gasteiger partial charge in [-0.3, -0.25) is 5.41 Å². The fraction of sp³-hybridized carbons (Fsp3) is 0.300. The molecule has 0 bridgehead atoms. The fourth-order valence-corrected chi connectivity index (χ4v) is 1.71. The van der Waals surface area contributed by atoms with Crippen molar-refractivity contribution in [3.63, 3.8) is 0 Å². The van der Waals surface area contributed by atoms with Crippen molar-refractivity contribution >= 4 is 27.5 Å². The maximum Gasteiger partial charge on any atom is 0.161 e. The highest BCUT2D eigenvalue weighted by Crippen LogP contribution is 2.26. The molecule has 0 saturated carbocycles. The summed E-state index contributed by atoms with van der Waals surface area (Å²) in [6.07, 6.45) is 0.922. The van der Waals surface area contributed by atoms with Gasteiger partial charge in [0.25, 0.3) is 0 Å². The highest BCUT2D eigenvalue weighted by Gasteiger charge is 2.12. The molecule has 0 aliphatic carbocycles. The molecule has 0 aliphatic rings. The lowest BCUT2D eigenvalue weighted by molar-refractivity contribution is 0.623. The number of anilines is 1. The van der Waals surface area contributed by atoms with Gasteiger partial charge in [0.1, 0.15) is 5.84 Å². The lowest BCUT2D eigenvalue weighted by Gasteiger charge is -2.10. The molecule has 4 N–H and O–H groups in total. The van der Waals surface area contributed by atoms with E-state index < -0.39 is 5.82 Å². The van der Waals surface area contributed by atoms with Crippen LogP contribution >= 0.6 is 15.9 Å². The third-order valence-corrected chi connectivity index (χ3v) is 2.71. The monoisotopic (exact) mass is 273 g/mol. The first kappa shape index (κ1) is 12.0. The normalized spacial score (nSPS) is 10.1. The van der Waals surface area contributed by atoms with Crippen molar-refractivity contribution in [2.24, 2.45) is 5.73 Å². The van der Waals surface area contributed by atoms with Crippen LogP contribution in [0.3, 0.4) is 0 Å². The number of nitrogens with one attached hydrogen (secondary N) is 2. The highest BCUT2D eigenvalue weighted by molar-refractivity contribution is 9.10. The van der Waals surface area contributed by atoms with E-state index in [0.29, 0.717) is 17.8 Å². The molecule has 15 heavy (non-hydrogen) atoms. The van der Waals surface area contributed by atoms with Gasteiger partial charge in [-0.25, -0.2) is 4.39 Å². The van der Waals surface area contributed by atoms with E-state index in [1.54, 1.807) is 12.1 Å². The molecule has 1 aromatic carbocycles. The molecule has 1 rings (SSSR count). The van der Waals surface area contributed by atoms with Gasteiger partial charge in [0, 0.05) is 12.1 Å². The minimum Gasteiger partial charge on any atom is -0.384 e. The molecule has 3 nitrogen and oxygen atoms in total. The van der Waals surface area contributed by atoms with Gasteiger partial charge in [-0.1, -0.05) is 6.92 Å². The molecule has 0 radical (unpaired) electrons. The molecule has 0 aliphatic heterocycles. The number of amidine groups is 1. The van der Waals surface area contributed by atoms with Crippen molar-refractivity contribution in [1.82, 2.24) is 0 Å². The van der Waals surface area contributed by atoms with Gasteiger partial charge in [0.2, 0.25) is 0 Å². The van der Waals surface area contributed by atoms with Gasteiger partial charge in [-0.05, 0) is 34.5 Å². The molecule has 5 heteroatoms. The van der Waals surface area contributed by atoms with Gasteiger partial charge in [0.15, 0.2) is 5.82 Å². The Labute approximate surface area is 96.5 Å². The Hall–Kier alpha value is -1.10. The number of hydrogen-bond donors (Lipinski definition) is 3. The largest absolute Gasteiger partial charge is 0.384 e. The molecule has 0 heterocycles. The minimum absolute atomic E-state index is 0.150. The van der Waals surface area contributed by atoms with Crippen LogP contribution in [0.2, 0.25) is 0 Å². The van der Waals surface area contributed by atoms with Gasteiger partial charge in [0.05, 0.1) is 10.2 Å². The predicted octanol–water partition coefficient (Wildman–Crippen LogP) is 2.69. The number of halogens is 2. The first-order valence-electron chi connectivity index (χ1n) is 4.64. The van der Waals surface area contributed by atoms with E-state index in [4.69, 9.17) is 11.1 Å². The highest BCUT2D eigenvalue weighted by atomic mass is 79.9. The molecular weight excluding hydrogens is 261 g/mol. The zero-order valence-corrected chi connectivity index (χ0v) is 9.99. The molecule has 0 unspecified atom stereocenters. The van der Waals surface area contributed by atoms with Crippen molar-refractivity contribution in [2.45, 2.75) is 13.3 Å². The van der Waals surface area contributed by atoms with Crippen LogP contribution in [0, 0.1) is 11.2 Å². The number of nitrogen functional groups attached to an aromatic ring is 1. The second-order valence-electron chi connectivity index (χ2n) is 3.13. The predicted molar refractivity (Wildman–Crippen MR) is 63.9 cm³/mol. The summed E-state index contributed by atoms with van der Waals surface area (Å²) in [5.74, 6) is -0.557. The first-order chi connectivity index (χ1) is 7.07. The van der Waals surface area contributed by atoms with E-state index in [-0.39, 0.29) is 10.3 Å². The Morgan fingerprint density at radius 2 is 2.27 bits per heavy atom. The van der Waals surface area contributed by atoms with Crippen LogP contribution in [-0.2, 0) is 0 Å². The van der Waals surface area contributed by atoms with Crippen molar-refractivity contribution in [1.29, 1.82) is 5.41 Å². The molecule has 82 valence electrons. The van der Waals surface area contributed by atoms with E-state index in [1.165, 1.54) is 0 Å². The molecule has 0 saturated heterocycles. The molecule has 0 aromatic heterocycles. The Kier molecular flexibility index (Phi) is 4.08. The maximum absolute atomic E-state index is 13.7. The summed E-state index contributed by atoms with van der Waals surface area (Å²) in [4.78, 5) is 0. The topological polar surface area (TPSA) is 61.9 Å². The summed E-state index contributed by atoms with van der Waals surface area (Å²) in [6, 6.07) is 3.21. The van der Waals surface area contributed by atoms with Crippen molar-refractivity contribution < 1.29 is 4.39 Å². The number of hydrogen-bond acceptors (Lipinski definition) is 2. The second-order valence-corrected chi connectivity index (χ2v) is 3.92. The van der Waals surface area contributed by atoms with Gasteiger partial charge in [-0.2, -0.15) is 0 Å². The summed E-state index contributed by atoms with van der Waals surface area (Å²) >= 11 is 3.09. The average molecular weight is 274 g/mol. The van der Waals surface area contributed by atoms with Crippen LogP contribution in [-0.4, -0.2) is 12.4 Å². The number of rotatable bonds is 4. The summed E-state index contributed by atoms with van der Waals surface area (Å²) in [6.45, 7) is 2.71. The number of benzene rings is 1. The van der Waals surface area contributed by atoms with E-state index in [0.717, 1.165) is 6.42 Å². The first-order valence-corrected chi connectivity index (χ1v) is 5.43. The van der Waals surface area contributed by atoms with E-state index >= 15 is 0 Å². The van der Waals surface area contributed by atoms with Gasteiger partial charge >= 0.3 is 0 Å². The van der Waals surface area contributed by atoms with Gasteiger partial charge < -0.3 is 11.1 Å². The maximum atomic E-state index is 13.7. The lowest BCUT2D eigenvalue weighted by Crippen LogP contribution is -2.13. The van der Waals surface area contributed by atoms with Crippen LogP contribution in [0.5, 0.6) is 0 Å². The smallest absolute Gasteiger partial charge is 0.161 e. The van der Waals surface area contributed by atoms with Crippen LogP contribution < -0.4 is 11.1 Å². The minimum atomic E-state index is -0.406. The summed E-state index contributed by atoms with van der Waals surface area (Å²) in [5, 5.41) is 10.2. The quantitative estimate of drug-likeness (QED) is 0.584.